The highest BCUT2D eigenvalue weighted by Gasteiger charge is 2.31. The van der Waals surface area contributed by atoms with E-state index in [2.05, 4.69) is 0 Å². The Morgan fingerprint density at radius 2 is 1.46 bits per heavy atom. The summed E-state index contributed by atoms with van der Waals surface area (Å²) < 4.78 is 0. The van der Waals surface area contributed by atoms with Gasteiger partial charge < -0.3 is 15.3 Å². The fourth-order valence-corrected chi connectivity index (χ4v) is 2.68. The van der Waals surface area contributed by atoms with Crippen molar-refractivity contribution in [3.8, 4) is 0 Å². The summed E-state index contributed by atoms with van der Waals surface area (Å²) in [5, 5.41) is 27.9. The molecule has 0 aromatic heterocycles. The molecule has 0 unspecified atom stereocenters. The summed E-state index contributed by atoms with van der Waals surface area (Å²) in [5.41, 5.74) is -0.542. The van der Waals surface area contributed by atoms with Crippen molar-refractivity contribution in [3.63, 3.8) is 0 Å². The van der Waals surface area contributed by atoms with Crippen molar-refractivity contribution >= 4 is 17.9 Å². The molecule has 2 aromatic carbocycles. The van der Waals surface area contributed by atoms with Gasteiger partial charge in [-0.05, 0) is 29.3 Å². The molecular formula is C18H16O6. The molecule has 6 nitrogen and oxygen atoms in total. The minimum atomic E-state index is -1.34. The van der Waals surface area contributed by atoms with E-state index in [0.29, 0.717) is 11.1 Å². The van der Waals surface area contributed by atoms with Crippen LogP contribution in [0.5, 0.6) is 0 Å². The van der Waals surface area contributed by atoms with Crippen LogP contribution in [0.2, 0.25) is 0 Å². The molecule has 0 spiro atoms. The van der Waals surface area contributed by atoms with Crippen molar-refractivity contribution in [2.45, 2.75) is 19.3 Å². The number of carboxylic acids is 3. The maximum absolute atomic E-state index is 11.6. The zero-order valence-corrected chi connectivity index (χ0v) is 13.1. The van der Waals surface area contributed by atoms with Crippen LogP contribution in [0, 0.1) is 0 Å². The predicted octanol–water partition coefficient (Wildman–Crippen LogP) is 3.11. The van der Waals surface area contributed by atoms with Crippen molar-refractivity contribution in [2.75, 3.05) is 0 Å². The van der Waals surface area contributed by atoms with Gasteiger partial charge in [-0.1, -0.05) is 38.1 Å². The third-order valence-electron chi connectivity index (χ3n) is 4.01. The Morgan fingerprint density at radius 3 is 2.00 bits per heavy atom. The predicted molar refractivity (Wildman–Crippen MR) is 85.9 cm³/mol. The van der Waals surface area contributed by atoms with Crippen molar-refractivity contribution < 1.29 is 29.7 Å². The minimum Gasteiger partial charge on any atom is -0.478 e. The quantitative estimate of drug-likeness (QED) is 0.777. The highest BCUT2D eigenvalue weighted by molar-refractivity contribution is 6.03. The van der Waals surface area contributed by atoms with Crippen LogP contribution in [0.1, 0.15) is 56.0 Å². The number of hydrogen-bond acceptors (Lipinski definition) is 3. The van der Waals surface area contributed by atoms with E-state index in [-0.39, 0.29) is 16.7 Å². The summed E-state index contributed by atoms with van der Waals surface area (Å²) in [6.45, 7) is 3.45. The molecule has 124 valence electrons. The molecule has 0 aliphatic carbocycles. The number of hydrogen-bond donors (Lipinski definition) is 3. The average Bonchev–Trinajstić information content (AvgIpc) is 2.54. The monoisotopic (exact) mass is 328 g/mol. The van der Waals surface area contributed by atoms with Crippen LogP contribution < -0.4 is 0 Å². The number of carboxylic acid groups (broad SMARTS) is 3. The highest BCUT2D eigenvalue weighted by Crippen LogP contribution is 2.35. The molecule has 0 fully saturated rings. The fraction of sp³-hybridized carbons (Fsp3) is 0.167. The molecule has 0 atom stereocenters. The Kier molecular flexibility index (Phi) is 4.41. The summed E-state index contributed by atoms with van der Waals surface area (Å²) in [6, 6.07) is 10.4. The molecular weight excluding hydrogens is 312 g/mol. The number of rotatable bonds is 5. The van der Waals surface area contributed by atoms with E-state index < -0.39 is 23.3 Å². The molecule has 0 saturated carbocycles. The lowest BCUT2D eigenvalue weighted by Crippen LogP contribution is -2.25. The van der Waals surface area contributed by atoms with Crippen LogP contribution in [0.25, 0.3) is 0 Å². The van der Waals surface area contributed by atoms with Gasteiger partial charge in [-0.2, -0.15) is 0 Å². The SMILES string of the molecule is CC(C)(c1cccc(C(=O)O)c1)c1cccc(C(=O)O)c1C(=O)O. The van der Waals surface area contributed by atoms with Crippen molar-refractivity contribution in [1.29, 1.82) is 0 Å². The maximum atomic E-state index is 11.6. The number of carbonyl (C=O) groups is 3. The third-order valence-corrected chi connectivity index (χ3v) is 4.01. The maximum Gasteiger partial charge on any atom is 0.336 e. The smallest absolute Gasteiger partial charge is 0.336 e. The first-order valence-corrected chi connectivity index (χ1v) is 7.10. The lowest BCUT2D eigenvalue weighted by molar-refractivity contribution is 0.0649. The first kappa shape index (κ1) is 17.2. The molecule has 2 rings (SSSR count). The van der Waals surface area contributed by atoms with E-state index in [9.17, 15) is 24.6 Å². The second-order valence-corrected chi connectivity index (χ2v) is 5.85. The number of aromatic carboxylic acids is 3. The van der Waals surface area contributed by atoms with Crippen molar-refractivity contribution in [2.24, 2.45) is 0 Å². The fourth-order valence-electron chi connectivity index (χ4n) is 2.68. The Bertz CT molecular complexity index is 835. The molecule has 0 heterocycles. The minimum absolute atomic E-state index is 0.0758. The van der Waals surface area contributed by atoms with Crippen LogP contribution in [0.3, 0.4) is 0 Å². The lowest BCUT2D eigenvalue weighted by atomic mass is 9.75. The molecule has 0 aliphatic heterocycles. The Hall–Kier alpha value is -3.15. The highest BCUT2D eigenvalue weighted by atomic mass is 16.4. The van der Waals surface area contributed by atoms with Crippen LogP contribution >= 0.6 is 0 Å². The van der Waals surface area contributed by atoms with Gasteiger partial charge in [0, 0.05) is 5.41 Å². The molecule has 0 radical (unpaired) electrons. The van der Waals surface area contributed by atoms with Crippen LogP contribution in [0.15, 0.2) is 42.5 Å². The molecule has 0 bridgehead atoms. The molecule has 24 heavy (non-hydrogen) atoms. The van der Waals surface area contributed by atoms with Gasteiger partial charge in [0.05, 0.1) is 16.7 Å². The molecule has 2 aromatic rings. The van der Waals surface area contributed by atoms with Crippen LogP contribution in [-0.2, 0) is 5.41 Å². The van der Waals surface area contributed by atoms with Crippen molar-refractivity contribution in [3.05, 3.63) is 70.3 Å². The van der Waals surface area contributed by atoms with E-state index in [0.717, 1.165) is 0 Å². The first-order chi connectivity index (χ1) is 11.2. The van der Waals surface area contributed by atoms with Crippen LogP contribution in [0.4, 0.5) is 0 Å². The largest absolute Gasteiger partial charge is 0.478 e. The zero-order chi connectivity index (χ0) is 18.1. The molecule has 0 aliphatic rings. The van der Waals surface area contributed by atoms with E-state index >= 15 is 0 Å². The summed E-state index contributed by atoms with van der Waals surface area (Å²) >= 11 is 0. The standard InChI is InChI=1S/C18H16O6/c1-18(2,11-6-3-5-10(9-11)15(19)20)13-8-4-7-12(16(21)22)14(13)17(23)24/h3-9H,1-2H3,(H,19,20)(H,21,22)(H,23,24). The third kappa shape index (κ3) is 2.99. The van der Waals surface area contributed by atoms with E-state index in [1.807, 2.05) is 0 Å². The van der Waals surface area contributed by atoms with Gasteiger partial charge in [0.25, 0.3) is 0 Å². The van der Waals surface area contributed by atoms with Gasteiger partial charge in [0.15, 0.2) is 0 Å². The van der Waals surface area contributed by atoms with Gasteiger partial charge in [-0.15, -0.1) is 0 Å². The summed E-state index contributed by atoms with van der Waals surface area (Å²) in [7, 11) is 0. The summed E-state index contributed by atoms with van der Waals surface area (Å²) in [6.07, 6.45) is 0. The molecule has 0 saturated heterocycles. The summed E-state index contributed by atoms with van der Waals surface area (Å²) in [4.78, 5) is 34.2. The molecule has 6 heteroatoms. The van der Waals surface area contributed by atoms with Gasteiger partial charge >= 0.3 is 17.9 Å². The number of benzene rings is 2. The van der Waals surface area contributed by atoms with E-state index in [1.165, 1.54) is 24.3 Å². The van der Waals surface area contributed by atoms with Crippen LogP contribution in [-0.4, -0.2) is 33.2 Å². The Labute approximate surface area is 138 Å². The van der Waals surface area contributed by atoms with Gasteiger partial charge in [-0.25, -0.2) is 14.4 Å². The lowest BCUT2D eigenvalue weighted by Gasteiger charge is -2.28. The van der Waals surface area contributed by atoms with Crippen molar-refractivity contribution in [1.82, 2.24) is 0 Å². The Balaban J connectivity index is 2.72. The van der Waals surface area contributed by atoms with E-state index in [1.54, 1.807) is 32.0 Å². The second-order valence-electron chi connectivity index (χ2n) is 5.85. The zero-order valence-electron chi connectivity index (χ0n) is 13.1. The first-order valence-electron chi connectivity index (χ1n) is 7.10. The van der Waals surface area contributed by atoms with Gasteiger partial charge in [0.2, 0.25) is 0 Å². The normalized spacial score (nSPS) is 11.1. The molecule has 0 amide bonds. The van der Waals surface area contributed by atoms with Gasteiger partial charge in [0.1, 0.15) is 0 Å². The molecule has 3 N–H and O–H groups in total. The van der Waals surface area contributed by atoms with Gasteiger partial charge in [-0.3, -0.25) is 0 Å². The average molecular weight is 328 g/mol. The summed E-state index contributed by atoms with van der Waals surface area (Å²) in [5.74, 6) is -3.76. The second kappa shape index (κ2) is 6.16. The Morgan fingerprint density at radius 1 is 0.833 bits per heavy atom. The topological polar surface area (TPSA) is 112 Å². The van der Waals surface area contributed by atoms with E-state index in [4.69, 9.17) is 5.11 Å².